The first-order valence-corrected chi connectivity index (χ1v) is 10.6. The number of ether oxygens (including phenoxy) is 2. The molecule has 5 heteroatoms. The van der Waals surface area contributed by atoms with E-state index < -0.39 is 5.97 Å². The third-order valence-electron chi connectivity index (χ3n) is 5.04. The minimum absolute atomic E-state index is 0.384. The molecule has 2 rings (SSSR count). The predicted octanol–water partition coefficient (Wildman–Crippen LogP) is 4.14. The predicted molar refractivity (Wildman–Crippen MR) is 98.6 cm³/mol. The van der Waals surface area contributed by atoms with Gasteiger partial charge in [-0.3, -0.25) is 0 Å². The van der Waals surface area contributed by atoms with Crippen molar-refractivity contribution >= 4 is 17.7 Å². The van der Waals surface area contributed by atoms with Crippen LogP contribution in [0.25, 0.3) is 0 Å². The van der Waals surface area contributed by atoms with Crippen molar-refractivity contribution in [2.45, 2.75) is 64.1 Å². The zero-order valence-corrected chi connectivity index (χ0v) is 15.6. The van der Waals surface area contributed by atoms with Gasteiger partial charge < -0.3 is 14.6 Å². The van der Waals surface area contributed by atoms with E-state index in [0.717, 1.165) is 6.61 Å². The summed E-state index contributed by atoms with van der Waals surface area (Å²) in [6.45, 7) is 3.60. The minimum atomic E-state index is -0.896. The molecule has 0 saturated carbocycles. The number of aliphatic carboxylic acids is 1. The number of carboxylic acids is 1. The second-order valence-corrected chi connectivity index (χ2v) is 8.01. The van der Waals surface area contributed by atoms with Crippen LogP contribution < -0.4 is 0 Å². The second kappa shape index (κ2) is 11.2. The van der Waals surface area contributed by atoms with Gasteiger partial charge in [0.2, 0.25) is 0 Å². The van der Waals surface area contributed by atoms with Gasteiger partial charge in [-0.15, -0.1) is 0 Å². The Bertz CT molecular complexity index is 399. The molecule has 4 atom stereocenters. The summed E-state index contributed by atoms with van der Waals surface area (Å²) >= 11 is 2.08. The van der Waals surface area contributed by atoms with E-state index in [-0.39, 0.29) is 0 Å². The maximum atomic E-state index is 10.4. The summed E-state index contributed by atoms with van der Waals surface area (Å²) in [5.74, 6) is 2.72. The molecular weight excluding hydrogens is 324 g/mol. The van der Waals surface area contributed by atoms with Crippen molar-refractivity contribution < 1.29 is 19.4 Å². The van der Waals surface area contributed by atoms with Crippen LogP contribution in [0, 0.1) is 11.8 Å². The second-order valence-electron chi connectivity index (χ2n) is 6.86. The van der Waals surface area contributed by atoms with Crippen molar-refractivity contribution in [3.05, 3.63) is 12.2 Å². The van der Waals surface area contributed by atoms with E-state index in [1.54, 1.807) is 6.08 Å². The molecule has 0 amide bonds. The molecule has 0 aromatic carbocycles. The molecule has 0 aliphatic carbocycles. The molecule has 2 bridgehead atoms. The first-order valence-electron chi connectivity index (χ1n) is 9.42. The molecule has 0 radical (unpaired) electrons. The first kappa shape index (κ1) is 19.8. The van der Waals surface area contributed by atoms with Gasteiger partial charge in [-0.05, 0) is 37.2 Å². The number of hydrogen-bond donors (Lipinski definition) is 1. The van der Waals surface area contributed by atoms with Gasteiger partial charge in [0, 0.05) is 17.9 Å². The smallest absolute Gasteiger partial charge is 0.327 e. The van der Waals surface area contributed by atoms with Crippen molar-refractivity contribution in [2.24, 2.45) is 11.8 Å². The Balaban J connectivity index is 1.63. The van der Waals surface area contributed by atoms with E-state index in [0.29, 0.717) is 37.1 Å². The maximum Gasteiger partial charge on any atom is 0.327 e. The van der Waals surface area contributed by atoms with Crippen LogP contribution in [-0.4, -0.2) is 48.0 Å². The number of carboxylic acid groups (broad SMARTS) is 1. The van der Waals surface area contributed by atoms with Crippen molar-refractivity contribution in [3.8, 4) is 0 Å². The van der Waals surface area contributed by atoms with E-state index in [2.05, 4.69) is 18.7 Å². The van der Waals surface area contributed by atoms with E-state index in [9.17, 15) is 4.79 Å². The highest BCUT2D eigenvalue weighted by molar-refractivity contribution is 7.99. The molecule has 2 heterocycles. The molecular formula is C19H32O4S. The normalized spacial score (nSPS) is 28.9. The topological polar surface area (TPSA) is 55.8 Å². The van der Waals surface area contributed by atoms with Gasteiger partial charge in [0.05, 0.1) is 25.4 Å². The largest absolute Gasteiger partial charge is 0.478 e. The lowest BCUT2D eigenvalue weighted by molar-refractivity contribution is -0.131. The Morgan fingerprint density at radius 1 is 1.25 bits per heavy atom. The van der Waals surface area contributed by atoms with Crippen LogP contribution in [0.5, 0.6) is 0 Å². The Hall–Kier alpha value is -0.520. The summed E-state index contributed by atoms with van der Waals surface area (Å²) < 4.78 is 11.9. The average molecular weight is 357 g/mol. The van der Waals surface area contributed by atoms with Crippen LogP contribution in [0.3, 0.4) is 0 Å². The lowest BCUT2D eigenvalue weighted by atomic mass is 9.81. The van der Waals surface area contributed by atoms with E-state index in [1.807, 2.05) is 0 Å². The monoisotopic (exact) mass is 356 g/mol. The Morgan fingerprint density at radius 3 is 2.79 bits per heavy atom. The molecule has 0 unspecified atom stereocenters. The van der Waals surface area contributed by atoms with Crippen LogP contribution in [0.1, 0.15) is 51.9 Å². The van der Waals surface area contributed by atoms with Crippen LogP contribution in [0.4, 0.5) is 0 Å². The van der Waals surface area contributed by atoms with Crippen LogP contribution in [0.2, 0.25) is 0 Å². The fourth-order valence-electron chi connectivity index (χ4n) is 3.74. The Labute approximate surface area is 150 Å². The highest BCUT2D eigenvalue weighted by Crippen LogP contribution is 2.44. The molecule has 4 nitrogen and oxygen atoms in total. The molecule has 2 fully saturated rings. The number of hydrogen-bond acceptors (Lipinski definition) is 4. The quantitative estimate of drug-likeness (QED) is 0.397. The summed E-state index contributed by atoms with van der Waals surface area (Å²) in [5.41, 5.74) is 0. The Morgan fingerprint density at radius 2 is 2.04 bits per heavy atom. The molecule has 0 aromatic heterocycles. The number of unbranched alkanes of at least 4 members (excludes halogenated alkanes) is 3. The van der Waals surface area contributed by atoms with Gasteiger partial charge in [-0.25, -0.2) is 4.79 Å². The average Bonchev–Trinajstić information content (AvgIpc) is 3.15. The first-order chi connectivity index (χ1) is 11.7. The van der Waals surface area contributed by atoms with Crippen molar-refractivity contribution in [3.63, 3.8) is 0 Å². The summed E-state index contributed by atoms with van der Waals surface area (Å²) in [6, 6.07) is 0. The summed E-state index contributed by atoms with van der Waals surface area (Å²) in [4.78, 5) is 10.4. The fourth-order valence-corrected chi connectivity index (χ4v) is 5.05. The van der Waals surface area contributed by atoms with Gasteiger partial charge in [0.15, 0.2) is 0 Å². The van der Waals surface area contributed by atoms with Gasteiger partial charge in [0.25, 0.3) is 0 Å². The molecule has 2 aliphatic rings. The number of thioether (sulfide) groups is 1. The molecule has 2 saturated heterocycles. The highest BCUT2D eigenvalue weighted by atomic mass is 32.2. The lowest BCUT2D eigenvalue weighted by Gasteiger charge is -2.27. The van der Waals surface area contributed by atoms with Gasteiger partial charge in [-0.1, -0.05) is 32.3 Å². The minimum Gasteiger partial charge on any atom is -0.478 e. The molecule has 0 spiro atoms. The van der Waals surface area contributed by atoms with Crippen LogP contribution in [0.15, 0.2) is 12.2 Å². The number of fused-ring (bicyclic) bond motifs is 2. The number of rotatable bonds is 13. The van der Waals surface area contributed by atoms with Crippen LogP contribution >= 0.6 is 11.8 Å². The summed E-state index contributed by atoms with van der Waals surface area (Å²) in [7, 11) is 0. The highest BCUT2D eigenvalue weighted by Gasteiger charge is 2.48. The van der Waals surface area contributed by atoms with E-state index in [4.69, 9.17) is 14.6 Å². The lowest BCUT2D eigenvalue weighted by Crippen LogP contribution is -2.32. The molecule has 24 heavy (non-hydrogen) atoms. The molecule has 2 aliphatic heterocycles. The zero-order chi connectivity index (χ0) is 17.2. The van der Waals surface area contributed by atoms with Crippen LogP contribution in [-0.2, 0) is 14.3 Å². The van der Waals surface area contributed by atoms with Crippen molar-refractivity contribution in [2.75, 3.05) is 24.7 Å². The van der Waals surface area contributed by atoms with Crippen molar-refractivity contribution in [1.29, 1.82) is 0 Å². The van der Waals surface area contributed by atoms with Gasteiger partial charge >= 0.3 is 5.97 Å². The zero-order valence-electron chi connectivity index (χ0n) is 14.8. The van der Waals surface area contributed by atoms with E-state index in [1.165, 1.54) is 56.1 Å². The third-order valence-corrected chi connectivity index (χ3v) is 6.24. The molecule has 1 N–H and O–H groups in total. The van der Waals surface area contributed by atoms with E-state index >= 15 is 0 Å². The summed E-state index contributed by atoms with van der Waals surface area (Å²) in [6.07, 6.45) is 12.0. The van der Waals surface area contributed by atoms with Crippen molar-refractivity contribution in [1.82, 2.24) is 0 Å². The van der Waals surface area contributed by atoms with Gasteiger partial charge in [0.1, 0.15) is 0 Å². The molecule has 138 valence electrons. The third kappa shape index (κ3) is 6.41. The Kier molecular flexibility index (Phi) is 9.21. The molecule has 0 aromatic rings. The maximum absolute atomic E-state index is 10.4. The SMILES string of the molecule is CCCCCCSC[C@@H]1[C@H](COCCC=CC(=O)O)[C@@H]2CC[C@H]1O2. The number of carbonyl (C=O) groups is 1. The van der Waals surface area contributed by atoms with Gasteiger partial charge in [-0.2, -0.15) is 11.8 Å². The fraction of sp³-hybridized carbons (Fsp3) is 0.842. The standard InChI is InChI=1S/C19H32O4S/c1-2-3-4-7-12-24-14-16-15(17-9-10-18(16)23-17)13-22-11-6-5-8-19(20)21/h5,8,15-18H,2-4,6-7,9-14H2,1H3,(H,20,21)/t15-,16+,17-,18+/m0/s1. The summed E-state index contributed by atoms with van der Waals surface area (Å²) in [5, 5.41) is 8.55.